The molecule has 8 heteroatoms. The topological polar surface area (TPSA) is 52.3 Å². The minimum atomic E-state index is -0.146. The number of nitrogens with zero attached hydrogens (tertiary/aromatic N) is 4. The number of hydrogen-bond donors (Lipinski definition) is 0. The zero-order chi connectivity index (χ0) is 19.0. The molecule has 0 spiro atoms. The Hall–Kier alpha value is -0.830. The number of thioether (sulfide) groups is 2. The van der Waals surface area contributed by atoms with Gasteiger partial charge in [-0.25, -0.2) is 9.38 Å². The second-order valence-electron chi connectivity index (χ2n) is 7.50. The fourth-order valence-corrected chi connectivity index (χ4v) is 6.35. The van der Waals surface area contributed by atoms with Gasteiger partial charge in [0.05, 0.1) is 17.6 Å². The molecule has 0 amide bonds. The predicted molar refractivity (Wildman–Crippen MR) is 115 cm³/mol. The molecule has 0 radical (unpaired) electrons. The first-order chi connectivity index (χ1) is 13.0. The van der Waals surface area contributed by atoms with Crippen LogP contribution in [-0.4, -0.2) is 36.7 Å². The summed E-state index contributed by atoms with van der Waals surface area (Å²) >= 11 is 5.35. The molecule has 0 saturated carbocycles. The Kier molecular flexibility index (Phi) is 5.69. The summed E-state index contributed by atoms with van der Waals surface area (Å²) in [5, 5.41) is 12.3. The number of hydrogen-bond acceptors (Lipinski definition) is 7. The summed E-state index contributed by atoms with van der Waals surface area (Å²) in [6, 6.07) is 0. The highest BCUT2D eigenvalue weighted by Gasteiger charge is 2.31. The van der Waals surface area contributed by atoms with Crippen molar-refractivity contribution in [2.45, 2.75) is 75.9 Å². The number of ether oxygens (including phenoxy) is 1. The summed E-state index contributed by atoms with van der Waals surface area (Å²) in [6.07, 6.45) is 4.39. The standard InChI is InChI=1S/C19H26N4OS3/c1-5-7-9-26-18-22-21-15-14-12-10-19(3,4)24-11-13(12)27-16(14)20-17(23(15)18)25-8-6-2/h5-11H2,1-4H3. The van der Waals surface area contributed by atoms with Crippen LogP contribution in [0.3, 0.4) is 0 Å². The maximum absolute atomic E-state index is 6.03. The van der Waals surface area contributed by atoms with E-state index in [-0.39, 0.29) is 5.60 Å². The van der Waals surface area contributed by atoms with Gasteiger partial charge in [0.1, 0.15) is 4.83 Å². The lowest BCUT2D eigenvalue weighted by Crippen LogP contribution is -2.31. The van der Waals surface area contributed by atoms with Crippen LogP contribution >= 0.6 is 34.9 Å². The fraction of sp³-hybridized carbons (Fsp3) is 0.632. The molecule has 4 rings (SSSR count). The van der Waals surface area contributed by atoms with Gasteiger partial charge in [-0.3, -0.25) is 0 Å². The molecule has 1 aliphatic heterocycles. The van der Waals surface area contributed by atoms with Crippen molar-refractivity contribution in [1.29, 1.82) is 0 Å². The van der Waals surface area contributed by atoms with Crippen molar-refractivity contribution in [2.75, 3.05) is 11.5 Å². The normalized spacial score (nSPS) is 16.3. The molecule has 27 heavy (non-hydrogen) atoms. The molecule has 0 bridgehead atoms. The van der Waals surface area contributed by atoms with E-state index in [2.05, 4.69) is 42.3 Å². The minimum Gasteiger partial charge on any atom is -0.370 e. The van der Waals surface area contributed by atoms with Crippen molar-refractivity contribution in [3.8, 4) is 0 Å². The molecule has 146 valence electrons. The predicted octanol–water partition coefficient (Wildman–Crippen LogP) is 5.58. The molecule has 0 saturated heterocycles. The van der Waals surface area contributed by atoms with E-state index in [1.165, 1.54) is 28.7 Å². The molecular weight excluding hydrogens is 396 g/mol. The van der Waals surface area contributed by atoms with Gasteiger partial charge in [-0.1, -0.05) is 43.8 Å². The highest BCUT2D eigenvalue weighted by Crippen LogP contribution is 2.41. The monoisotopic (exact) mass is 422 g/mol. The van der Waals surface area contributed by atoms with E-state index in [0.717, 1.165) is 45.1 Å². The number of thiophene rings is 1. The van der Waals surface area contributed by atoms with Gasteiger partial charge in [-0.15, -0.1) is 21.5 Å². The number of aromatic nitrogens is 4. The maximum atomic E-state index is 6.03. The second-order valence-corrected chi connectivity index (χ2v) is 10.7. The highest BCUT2D eigenvalue weighted by molar-refractivity contribution is 7.99. The second kappa shape index (κ2) is 7.89. The van der Waals surface area contributed by atoms with Crippen LogP contribution in [0.2, 0.25) is 0 Å². The Morgan fingerprint density at radius 1 is 1.11 bits per heavy atom. The fourth-order valence-electron chi connectivity index (χ4n) is 3.28. The molecule has 0 fully saturated rings. The van der Waals surface area contributed by atoms with E-state index >= 15 is 0 Å². The average molecular weight is 423 g/mol. The van der Waals surface area contributed by atoms with E-state index in [4.69, 9.17) is 9.72 Å². The molecule has 1 aliphatic rings. The van der Waals surface area contributed by atoms with Crippen LogP contribution in [0.15, 0.2) is 10.3 Å². The third kappa shape index (κ3) is 3.73. The molecule has 3 aromatic rings. The molecule has 0 unspecified atom stereocenters. The van der Waals surface area contributed by atoms with E-state index in [1.807, 2.05) is 0 Å². The van der Waals surface area contributed by atoms with Gasteiger partial charge in [0, 0.05) is 22.8 Å². The molecule has 0 atom stereocenters. The van der Waals surface area contributed by atoms with Crippen molar-refractivity contribution in [3.63, 3.8) is 0 Å². The summed E-state index contributed by atoms with van der Waals surface area (Å²) in [6.45, 7) is 9.41. The van der Waals surface area contributed by atoms with Gasteiger partial charge in [0.25, 0.3) is 0 Å². The van der Waals surface area contributed by atoms with E-state index in [0.29, 0.717) is 6.61 Å². The van der Waals surface area contributed by atoms with Crippen LogP contribution in [0.5, 0.6) is 0 Å². The smallest absolute Gasteiger partial charge is 0.197 e. The Bertz CT molecular complexity index is 963. The third-order valence-corrected chi connectivity index (χ3v) is 7.94. The van der Waals surface area contributed by atoms with Crippen LogP contribution in [0, 0.1) is 0 Å². The van der Waals surface area contributed by atoms with E-state index in [9.17, 15) is 0 Å². The SMILES string of the molecule is CCCCSc1nnc2c3c4c(sc3nc(SCCC)n12)COC(C)(C)C4. The Balaban J connectivity index is 1.88. The molecular formula is C19H26N4OS3. The first-order valence-electron chi connectivity index (χ1n) is 9.63. The first-order valence-corrected chi connectivity index (χ1v) is 12.4. The van der Waals surface area contributed by atoms with E-state index in [1.54, 1.807) is 34.9 Å². The van der Waals surface area contributed by atoms with Crippen LogP contribution in [0.4, 0.5) is 0 Å². The lowest BCUT2D eigenvalue weighted by atomic mass is 9.94. The third-order valence-electron chi connectivity index (χ3n) is 4.68. The maximum Gasteiger partial charge on any atom is 0.197 e. The van der Waals surface area contributed by atoms with Crippen LogP contribution in [0.25, 0.3) is 15.9 Å². The largest absolute Gasteiger partial charge is 0.370 e. The van der Waals surface area contributed by atoms with E-state index < -0.39 is 0 Å². The van der Waals surface area contributed by atoms with Gasteiger partial charge in [0.15, 0.2) is 16.0 Å². The molecule has 0 aromatic carbocycles. The van der Waals surface area contributed by atoms with Crippen molar-refractivity contribution in [1.82, 2.24) is 19.6 Å². The van der Waals surface area contributed by atoms with Gasteiger partial charge in [0.2, 0.25) is 0 Å². The zero-order valence-corrected chi connectivity index (χ0v) is 18.8. The molecule has 0 N–H and O–H groups in total. The highest BCUT2D eigenvalue weighted by atomic mass is 32.2. The Morgan fingerprint density at radius 2 is 1.93 bits per heavy atom. The summed E-state index contributed by atoms with van der Waals surface area (Å²) in [5.41, 5.74) is 2.17. The van der Waals surface area contributed by atoms with Crippen molar-refractivity contribution in [2.24, 2.45) is 0 Å². The Morgan fingerprint density at radius 3 is 2.70 bits per heavy atom. The summed E-state index contributed by atoms with van der Waals surface area (Å²) < 4.78 is 8.22. The number of unbranched alkanes of at least 4 members (excludes halogenated alkanes) is 1. The number of rotatable bonds is 7. The summed E-state index contributed by atoms with van der Waals surface area (Å²) in [4.78, 5) is 7.42. The van der Waals surface area contributed by atoms with Crippen LogP contribution in [-0.2, 0) is 17.8 Å². The van der Waals surface area contributed by atoms with Crippen molar-refractivity contribution in [3.05, 3.63) is 10.4 Å². The molecule has 4 heterocycles. The molecule has 3 aromatic heterocycles. The van der Waals surface area contributed by atoms with Crippen molar-refractivity contribution < 1.29 is 4.74 Å². The summed E-state index contributed by atoms with van der Waals surface area (Å²) in [5.74, 6) is 2.11. The van der Waals surface area contributed by atoms with Gasteiger partial charge in [-0.05, 0) is 32.3 Å². The summed E-state index contributed by atoms with van der Waals surface area (Å²) in [7, 11) is 0. The lowest BCUT2D eigenvalue weighted by molar-refractivity contribution is -0.0379. The Labute approximate surface area is 172 Å². The van der Waals surface area contributed by atoms with Gasteiger partial charge < -0.3 is 4.74 Å². The molecule has 5 nitrogen and oxygen atoms in total. The van der Waals surface area contributed by atoms with Crippen LogP contribution < -0.4 is 0 Å². The zero-order valence-electron chi connectivity index (χ0n) is 16.4. The first kappa shape index (κ1) is 19.5. The van der Waals surface area contributed by atoms with Gasteiger partial charge >= 0.3 is 0 Å². The lowest BCUT2D eigenvalue weighted by Gasteiger charge is -2.30. The van der Waals surface area contributed by atoms with Crippen molar-refractivity contribution >= 4 is 50.7 Å². The number of fused-ring (bicyclic) bond motifs is 5. The average Bonchev–Trinajstić information content (AvgIpc) is 3.20. The molecule has 0 aliphatic carbocycles. The van der Waals surface area contributed by atoms with Gasteiger partial charge in [-0.2, -0.15) is 0 Å². The minimum absolute atomic E-state index is 0.146. The van der Waals surface area contributed by atoms with Crippen LogP contribution in [0.1, 0.15) is 57.4 Å². The quantitative estimate of drug-likeness (QED) is 0.281.